The maximum atomic E-state index is 13.3. The molecule has 0 unspecified atom stereocenters. The fourth-order valence-electron chi connectivity index (χ4n) is 3.15. The molecule has 8 heteroatoms. The number of aromatic nitrogens is 2. The number of amides is 1. The van der Waals surface area contributed by atoms with Crippen molar-refractivity contribution in [2.24, 2.45) is 5.73 Å². The highest BCUT2D eigenvalue weighted by molar-refractivity contribution is 7.90. The van der Waals surface area contributed by atoms with E-state index in [1.807, 2.05) is 24.3 Å². The van der Waals surface area contributed by atoms with Crippen molar-refractivity contribution in [3.8, 4) is 0 Å². The summed E-state index contributed by atoms with van der Waals surface area (Å²) in [6, 6.07) is 17.8. The van der Waals surface area contributed by atoms with Crippen LogP contribution in [-0.4, -0.2) is 30.1 Å². The maximum Gasteiger partial charge on any atom is 0.284 e. The Morgan fingerprint density at radius 3 is 2.64 bits per heavy atom. The minimum absolute atomic E-state index is 0.208. The molecule has 1 heterocycles. The topological polar surface area (TPSA) is 107 Å². The van der Waals surface area contributed by atoms with E-state index >= 15 is 0 Å². The first-order valence-corrected chi connectivity index (χ1v) is 10.1. The van der Waals surface area contributed by atoms with Gasteiger partial charge in [0.05, 0.1) is 16.6 Å². The van der Waals surface area contributed by atoms with Gasteiger partial charge in [-0.1, -0.05) is 36.4 Å². The molecule has 142 valence electrons. The third-order valence-electron chi connectivity index (χ3n) is 4.49. The number of nitrogens with one attached hydrogen (secondary N) is 1. The van der Waals surface area contributed by atoms with Gasteiger partial charge in [0.1, 0.15) is 0 Å². The lowest BCUT2D eigenvalue weighted by atomic mass is 10.1. The van der Waals surface area contributed by atoms with Crippen LogP contribution in [0.15, 0.2) is 71.8 Å². The van der Waals surface area contributed by atoms with Crippen LogP contribution in [0.1, 0.15) is 6.42 Å². The highest BCUT2D eigenvalue weighted by Crippen LogP contribution is 2.27. The van der Waals surface area contributed by atoms with Gasteiger partial charge < -0.3 is 11.1 Å². The molecule has 0 spiro atoms. The molecule has 3 aromatic carbocycles. The van der Waals surface area contributed by atoms with E-state index in [-0.39, 0.29) is 17.2 Å². The van der Waals surface area contributed by atoms with E-state index in [0.717, 1.165) is 15.2 Å². The van der Waals surface area contributed by atoms with Gasteiger partial charge in [0.15, 0.2) is 0 Å². The molecule has 4 rings (SSSR count). The van der Waals surface area contributed by atoms with E-state index in [1.54, 1.807) is 36.4 Å². The van der Waals surface area contributed by atoms with Crippen molar-refractivity contribution in [1.29, 1.82) is 0 Å². The molecule has 7 nitrogen and oxygen atoms in total. The van der Waals surface area contributed by atoms with E-state index in [0.29, 0.717) is 22.8 Å². The standard InChI is InChI=1S/C20H18N4O3S/c21-20(25)10-11-22-16-8-9-18-15(12-16)13-23-24(18)28(26,27)19-7-3-5-14-4-1-2-6-17(14)19/h1-9,12-13,22H,10-11H2,(H2,21,25). The minimum atomic E-state index is -3.87. The Morgan fingerprint density at radius 2 is 1.82 bits per heavy atom. The number of primary amides is 1. The molecule has 0 fully saturated rings. The summed E-state index contributed by atoms with van der Waals surface area (Å²) in [7, 11) is -3.87. The summed E-state index contributed by atoms with van der Waals surface area (Å²) in [4.78, 5) is 11.1. The van der Waals surface area contributed by atoms with E-state index < -0.39 is 10.0 Å². The van der Waals surface area contributed by atoms with Crippen molar-refractivity contribution in [1.82, 2.24) is 9.19 Å². The summed E-state index contributed by atoms with van der Waals surface area (Å²) in [5.41, 5.74) is 6.37. The van der Waals surface area contributed by atoms with Crippen LogP contribution >= 0.6 is 0 Å². The number of benzene rings is 3. The summed E-state index contributed by atoms with van der Waals surface area (Å²) in [5.74, 6) is -0.387. The first-order valence-electron chi connectivity index (χ1n) is 8.70. The second kappa shape index (κ2) is 6.97. The summed E-state index contributed by atoms with van der Waals surface area (Å²) >= 11 is 0. The van der Waals surface area contributed by atoms with Gasteiger partial charge >= 0.3 is 0 Å². The van der Waals surface area contributed by atoms with Crippen molar-refractivity contribution < 1.29 is 13.2 Å². The second-order valence-electron chi connectivity index (χ2n) is 6.39. The van der Waals surface area contributed by atoms with Gasteiger partial charge in [-0.3, -0.25) is 4.79 Å². The third-order valence-corrected chi connectivity index (χ3v) is 6.15. The van der Waals surface area contributed by atoms with Gasteiger partial charge in [0.25, 0.3) is 10.0 Å². The van der Waals surface area contributed by atoms with Crippen LogP contribution in [-0.2, 0) is 14.8 Å². The van der Waals surface area contributed by atoms with Crippen LogP contribution in [0, 0.1) is 0 Å². The van der Waals surface area contributed by atoms with E-state index in [2.05, 4.69) is 10.4 Å². The van der Waals surface area contributed by atoms with Gasteiger partial charge in [-0.25, -0.2) is 0 Å². The largest absolute Gasteiger partial charge is 0.385 e. The number of hydrogen-bond acceptors (Lipinski definition) is 5. The van der Waals surface area contributed by atoms with Crippen molar-refractivity contribution in [3.05, 3.63) is 66.9 Å². The first kappa shape index (κ1) is 18.0. The molecule has 4 aromatic rings. The first-order chi connectivity index (χ1) is 13.5. The van der Waals surface area contributed by atoms with Crippen LogP contribution in [0.4, 0.5) is 5.69 Å². The molecule has 0 aliphatic rings. The molecular weight excluding hydrogens is 376 g/mol. The van der Waals surface area contributed by atoms with Crippen molar-refractivity contribution >= 4 is 43.3 Å². The minimum Gasteiger partial charge on any atom is -0.385 e. The SMILES string of the molecule is NC(=O)CCNc1ccc2c(cnn2S(=O)(=O)c2cccc3ccccc23)c1. The predicted octanol–water partition coefficient (Wildman–Crippen LogP) is 2.71. The number of nitrogens with two attached hydrogens (primary N) is 1. The zero-order chi connectivity index (χ0) is 19.7. The third kappa shape index (κ3) is 3.18. The average molecular weight is 394 g/mol. The number of fused-ring (bicyclic) bond motifs is 2. The number of anilines is 1. The number of rotatable bonds is 6. The van der Waals surface area contributed by atoms with Crippen LogP contribution in [0.3, 0.4) is 0 Å². The molecule has 0 atom stereocenters. The summed E-state index contributed by atoms with van der Waals surface area (Å²) in [6.07, 6.45) is 1.73. The maximum absolute atomic E-state index is 13.3. The van der Waals surface area contributed by atoms with Crippen LogP contribution in [0.5, 0.6) is 0 Å². The lowest BCUT2D eigenvalue weighted by molar-refractivity contribution is -0.117. The molecule has 0 saturated carbocycles. The van der Waals surface area contributed by atoms with Crippen molar-refractivity contribution in [3.63, 3.8) is 0 Å². The zero-order valence-electron chi connectivity index (χ0n) is 14.9. The van der Waals surface area contributed by atoms with Gasteiger partial charge in [-0.2, -0.15) is 17.6 Å². The summed E-state index contributed by atoms with van der Waals surface area (Å²) in [5, 5.41) is 9.38. The normalized spacial score (nSPS) is 11.7. The smallest absolute Gasteiger partial charge is 0.284 e. The summed E-state index contributed by atoms with van der Waals surface area (Å²) < 4.78 is 27.6. The zero-order valence-corrected chi connectivity index (χ0v) is 15.7. The number of carbonyl (C=O) groups excluding carboxylic acids is 1. The number of hydrogen-bond donors (Lipinski definition) is 2. The molecule has 0 radical (unpaired) electrons. The quantitative estimate of drug-likeness (QED) is 0.523. The predicted molar refractivity (Wildman–Crippen MR) is 109 cm³/mol. The fraction of sp³-hybridized carbons (Fsp3) is 0.100. The van der Waals surface area contributed by atoms with E-state index in [4.69, 9.17) is 5.73 Å². The monoisotopic (exact) mass is 394 g/mol. The van der Waals surface area contributed by atoms with Gasteiger partial charge in [0.2, 0.25) is 5.91 Å². The van der Waals surface area contributed by atoms with Crippen LogP contribution < -0.4 is 11.1 Å². The highest BCUT2D eigenvalue weighted by atomic mass is 32.2. The Balaban J connectivity index is 1.75. The molecule has 0 aliphatic carbocycles. The summed E-state index contributed by atoms with van der Waals surface area (Å²) in [6.45, 7) is 0.406. The lowest BCUT2D eigenvalue weighted by Crippen LogP contribution is -2.16. The lowest BCUT2D eigenvalue weighted by Gasteiger charge is -2.10. The Bertz CT molecular complexity index is 1290. The van der Waals surface area contributed by atoms with Gasteiger partial charge in [-0.15, -0.1) is 0 Å². The molecule has 3 N–H and O–H groups in total. The van der Waals surface area contributed by atoms with Crippen molar-refractivity contribution in [2.45, 2.75) is 11.3 Å². The van der Waals surface area contributed by atoms with Gasteiger partial charge in [-0.05, 0) is 29.7 Å². The Morgan fingerprint density at radius 1 is 1.04 bits per heavy atom. The molecule has 1 amide bonds. The molecule has 0 bridgehead atoms. The Hall–Kier alpha value is -3.39. The highest BCUT2D eigenvalue weighted by Gasteiger charge is 2.22. The molecular formula is C20H18N4O3S. The number of nitrogens with zero attached hydrogens (tertiary/aromatic N) is 2. The fourth-order valence-corrected chi connectivity index (χ4v) is 4.65. The molecule has 0 saturated heterocycles. The Kier molecular flexibility index (Phi) is 4.48. The van der Waals surface area contributed by atoms with E-state index in [1.165, 1.54) is 6.20 Å². The van der Waals surface area contributed by atoms with Crippen molar-refractivity contribution in [2.75, 3.05) is 11.9 Å². The van der Waals surface area contributed by atoms with Gasteiger partial charge in [0, 0.05) is 29.4 Å². The Labute approximate surface area is 161 Å². The van der Waals surface area contributed by atoms with E-state index in [9.17, 15) is 13.2 Å². The second-order valence-corrected chi connectivity index (χ2v) is 8.12. The molecule has 1 aromatic heterocycles. The number of carbonyl (C=O) groups is 1. The average Bonchev–Trinajstić information content (AvgIpc) is 3.11. The molecule has 28 heavy (non-hydrogen) atoms. The molecule has 0 aliphatic heterocycles. The van der Waals surface area contributed by atoms with Crippen LogP contribution in [0.25, 0.3) is 21.7 Å². The van der Waals surface area contributed by atoms with Crippen LogP contribution in [0.2, 0.25) is 0 Å².